The number of rotatable bonds is 3. The molecule has 9 heteroatoms. The zero-order valence-corrected chi connectivity index (χ0v) is 15.5. The molecule has 0 N–H and O–H groups in total. The molecule has 2 amide bonds. The number of carbonyl (C=O) groups is 1. The number of aromatic nitrogens is 5. The fraction of sp³-hybridized carbons (Fsp3) is 0.389. The van der Waals surface area contributed by atoms with Crippen LogP contribution in [0.1, 0.15) is 5.56 Å². The van der Waals surface area contributed by atoms with Gasteiger partial charge in [-0.2, -0.15) is 0 Å². The van der Waals surface area contributed by atoms with Crippen LogP contribution in [-0.2, 0) is 6.54 Å². The molecule has 140 valence electrons. The van der Waals surface area contributed by atoms with E-state index in [0.29, 0.717) is 38.2 Å². The molecule has 1 aliphatic heterocycles. The summed E-state index contributed by atoms with van der Waals surface area (Å²) in [6.07, 6.45) is 1.56. The minimum absolute atomic E-state index is 0.0382. The number of anilines is 1. The molecule has 1 saturated heterocycles. The highest BCUT2D eigenvalue weighted by atomic mass is 16.2. The molecular weight excluding hydrogens is 344 g/mol. The third-order valence-electron chi connectivity index (χ3n) is 4.69. The predicted octanol–water partition coefficient (Wildman–Crippen LogP) is 1.07. The summed E-state index contributed by atoms with van der Waals surface area (Å²) < 4.78 is 1.79. The van der Waals surface area contributed by atoms with E-state index in [9.17, 15) is 4.79 Å². The van der Waals surface area contributed by atoms with Crippen LogP contribution >= 0.6 is 0 Å². The Morgan fingerprint density at radius 2 is 1.81 bits per heavy atom. The Labute approximate surface area is 157 Å². The summed E-state index contributed by atoms with van der Waals surface area (Å²) in [7, 11) is 3.54. The summed E-state index contributed by atoms with van der Waals surface area (Å²) in [5.74, 6) is 0.774. The molecule has 27 heavy (non-hydrogen) atoms. The zero-order chi connectivity index (χ0) is 18.8. The first kappa shape index (κ1) is 17.2. The van der Waals surface area contributed by atoms with Gasteiger partial charge < -0.3 is 14.7 Å². The molecule has 3 heterocycles. The number of hydrogen-bond acceptors (Lipinski definition) is 6. The van der Waals surface area contributed by atoms with E-state index >= 15 is 0 Å². The van der Waals surface area contributed by atoms with Gasteiger partial charge in [0, 0.05) is 40.3 Å². The Morgan fingerprint density at radius 3 is 2.52 bits per heavy atom. The SMILES string of the molecule is CN(C)C(=O)N1CCN(c2ncnc3c2nnn3Cc2ccccc2)CC1. The molecule has 9 nitrogen and oxygen atoms in total. The molecule has 0 radical (unpaired) electrons. The second kappa shape index (κ2) is 7.18. The smallest absolute Gasteiger partial charge is 0.319 e. The van der Waals surface area contributed by atoms with E-state index < -0.39 is 0 Å². The Balaban J connectivity index is 1.55. The lowest BCUT2D eigenvalue weighted by Crippen LogP contribution is -2.51. The van der Waals surface area contributed by atoms with E-state index in [1.807, 2.05) is 23.1 Å². The summed E-state index contributed by atoms with van der Waals surface area (Å²) in [4.78, 5) is 26.5. The molecule has 3 aromatic rings. The molecule has 0 spiro atoms. The average Bonchev–Trinajstić information content (AvgIpc) is 3.11. The normalized spacial score (nSPS) is 14.6. The molecule has 0 saturated carbocycles. The number of fused-ring (bicyclic) bond motifs is 1. The van der Waals surface area contributed by atoms with Gasteiger partial charge in [-0.05, 0) is 5.56 Å². The zero-order valence-electron chi connectivity index (χ0n) is 15.5. The Morgan fingerprint density at radius 1 is 1.07 bits per heavy atom. The first-order valence-corrected chi connectivity index (χ1v) is 8.93. The van der Waals surface area contributed by atoms with Crippen LogP contribution in [0.2, 0.25) is 0 Å². The lowest BCUT2D eigenvalue weighted by molar-refractivity contribution is 0.168. The third-order valence-corrected chi connectivity index (χ3v) is 4.69. The second-order valence-electron chi connectivity index (χ2n) is 6.75. The van der Waals surface area contributed by atoms with Crippen molar-refractivity contribution in [3.63, 3.8) is 0 Å². The Kier molecular flexibility index (Phi) is 4.57. The maximum atomic E-state index is 12.1. The van der Waals surface area contributed by atoms with Crippen LogP contribution in [0.5, 0.6) is 0 Å². The fourth-order valence-electron chi connectivity index (χ4n) is 3.27. The highest BCUT2D eigenvalue weighted by molar-refractivity contribution is 5.83. The molecular formula is C18H22N8O. The highest BCUT2D eigenvalue weighted by Gasteiger charge is 2.25. The molecule has 1 aromatic carbocycles. The molecule has 0 unspecified atom stereocenters. The summed E-state index contributed by atoms with van der Waals surface area (Å²) in [6, 6.07) is 10.1. The summed E-state index contributed by atoms with van der Waals surface area (Å²) in [5, 5.41) is 8.61. The van der Waals surface area contributed by atoms with Gasteiger partial charge in [-0.1, -0.05) is 35.5 Å². The van der Waals surface area contributed by atoms with Crippen molar-refractivity contribution in [2.75, 3.05) is 45.2 Å². The van der Waals surface area contributed by atoms with Crippen molar-refractivity contribution < 1.29 is 4.79 Å². The van der Waals surface area contributed by atoms with E-state index in [1.165, 1.54) is 0 Å². The maximum Gasteiger partial charge on any atom is 0.319 e. The van der Waals surface area contributed by atoms with Gasteiger partial charge in [0.05, 0.1) is 6.54 Å². The van der Waals surface area contributed by atoms with Crippen molar-refractivity contribution >= 4 is 23.0 Å². The summed E-state index contributed by atoms with van der Waals surface area (Å²) in [5.41, 5.74) is 2.55. The lowest BCUT2D eigenvalue weighted by atomic mass is 10.2. The first-order chi connectivity index (χ1) is 13.1. The van der Waals surface area contributed by atoms with Crippen LogP contribution in [-0.4, -0.2) is 81.1 Å². The molecule has 2 aromatic heterocycles. The van der Waals surface area contributed by atoms with Crippen molar-refractivity contribution in [3.05, 3.63) is 42.2 Å². The topological polar surface area (TPSA) is 83.3 Å². The largest absolute Gasteiger partial charge is 0.351 e. The van der Waals surface area contributed by atoms with Crippen LogP contribution in [0.25, 0.3) is 11.2 Å². The minimum Gasteiger partial charge on any atom is -0.351 e. The van der Waals surface area contributed by atoms with Gasteiger partial charge in [0.2, 0.25) is 0 Å². The molecule has 1 aliphatic rings. The van der Waals surface area contributed by atoms with Gasteiger partial charge in [0.1, 0.15) is 6.33 Å². The first-order valence-electron chi connectivity index (χ1n) is 8.93. The van der Waals surface area contributed by atoms with Crippen LogP contribution in [0.3, 0.4) is 0 Å². The van der Waals surface area contributed by atoms with Crippen molar-refractivity contribution in [1.82, 2.24) is 34.8 Å². The highest BCUT2D eigenvalue weighted by Crippen LogP contribution is 2.22. The second-order valence-corrected chi connectivity index (χ2v) is 6.75. The van der Waals surface area contributed by atoms with Crippen LogP contribution in [0.4, 0.5) is 10.6 Å². The molecule has 1 fully saturated rings. The van der Waals surface area contributed by atoms with Crippen molar-refractivity contribution in [2.45, 2.75) is 6.54 Å². The van der Waals surface area contributed by atoms with Gasteiger partial charge in [-0.3, -0.25) is 0 Å². The Hall–Kier alpha value is -3.23. The molecule has 0 aliphatic carbocycles. The molecule has 4 rings (SSSR count). The quantitative estimate of drug-likeness (QED) is 0.690. The Bertz CT molecular complexity index is 931. The predicted molar refractivity (Wildman–Crippen MR) is 102 cm³/mol. The van der Waals surface area contributed by atoms with Crippen LogP contribution in [0.15, 0.2) is 36.7 Å². The molecule has 0 bridgehead atoms. The van der Waals surface area contributed by atoms with Gasteiger partial charge in [-0.25, -0.2) is 19.4 Å². The van der Waals surface area contributed by atoms with Crippen molar-refractivity contribution in [2.24, 2.45) is 0 Å². The van der Waals surface area contributed by atoms with E-state index in [4.69, 9.17) is 0 Å². The summed E-state index contributed by atoms with van der Waals surface area (Å²) >= 11 is 0. The number of benzene rings is 1. The molecule has 0 atom stereocenters. The monoisotopic (exact) mass is 366 g/mol. The lowest BCUT2D eigenvalue weighted by Gasteiger charge is -2.36. The van der Waals surface area contributed by atoms with Crippen molar-refractivity contribution in [1.29, 1.82) is 0 Å². The number of carbonyl (C=O) groups excluding carboxylic acids is 1. The van der Waals surface area contributed by atoms with E-state index in [1.54, 1.807) is 30.0 Å². The van der Waals surface area contributed by atoms with E-state index in [2.05, 4.69) is 37.3 Å². The number of hydrogen-bond donors (Lipinski definition) is 0. The number of nitrogens with zero attached hydrogens (tertiary/aromatic N) is 8. The fourth-order valence-corrected chi connectivity index (χ4v) is 3.27. The van der Waals surface area contributed by atoms with E-state index in [-0.39, 0.29) is 6.03 Å². The maximum absolute atomic E-state index is 12.1. The standard InChI is InChI=1S/C18H22N8O/c1-23(2)18(27)25-10-8-24(9-11-25)16-15-17(20-13-19-16)26(22-21-15)12-14-6-4-3-5-7-14/h3-7,13H,8-12H2,1-2H3. The van der Waals surface area contributed by atoms with Crippen LogP contribution < -0.4 is 4.90 Å². The van der Waals surface area contributed by atoms with Gasteiger partial charge in [-0.15, -0.1) is 5.10 Å². The van der Waals surface area contributed by atoms with Gasteiger partial charge in [0.25, 0.3) is 0 Å². The number of piperazine rings is 1. The van der Waals surface area contributed by atoms with Gasteiger partial charge in [0.15, 0.2) is 17.0 Å². The summed E-state index contributed by atoms with van der Waals surface area (Å²) in [6.45, 7) is 3.33. The number of urea groups is 1. The van der Waals surface area contributed by atoms with Gasteiger partial charge >= 0.3 is 6.03 Å². The number of amides is 2. The van der Waals surface area contributed by atoms with Crippen LogP contribution in [0, 0.1) is 0 Å². The third kappa shape index (κ3) is 3.40. The minimum atomic E-state index is 0.0382. The average molecular weight is 366 g/mol. The van der Waals surface area contributed by atoms with Crippen molar-refractivity contribution in [3.8, 4) is 0 Å². The van der Waals surface area contributed by atoms with E-state index in [0.717, 1.165) is 17.0 Å².